The summed E-state index contributed by atoms with van der Waals surface area (Å²) in [4.78, 5) is 11.9. The highest BCUT2D eigenvalue weighted by atomic mass is 16.5. The summed E-state index contributed by atoms with van der Waals surface area (Å²) in [5, 5.41) is 6.32. The molecule has 0 heterocycles. The number of carbonyl (C=O) groups is 1. The highest BCUT2D eigenvalue weighted by Gasteiger charge is 2.24. The maximum atomic E-state index is 11.9. The lowest BCUT2D eigenvalue weighted by molar-refractivity contribution is -0.122. The van der Waals surface area contributed by atoms with Crippen molar-refractivity contribution in [3.05, 3.63) is 48.5 Å². The zero-order chi connectivity index (χ0) is 16.9. The summed E-state index contributed by atoms with van der Waals surface area (Å²) < 4.78 is 5.64. The number of rotatable bonds is 6. The molecule has 1 aliphatic carbocycles. The van der Waals surface area contributed by atoms with Gasteiger partial charge >= 0.3 is 0 Å². The molecule has 4 heteroatoms. The largest absolute Gasteiger partial charge is 0.491 e. The smallest absolute Gasteiger partial charge is 0.227 e. The van der Waals surface area contributed by atoms with Crippen LogP contribution in [0.25, 0.3) is 0 Å². The maximum absolute atomic E-state index is 11.9. The van der Waals surface area contributed by atoms with Crippen LogP contribution in [0, 0.1) is 5.92 Å². The third-order valence-corrected chi connectivity index (χ3v) is 4.14. The molecule has 2 aromatic carbocycles. The Morgan fingerprint density at radius 3 is 2.00 bits per heavy atom. The number of hydrogen-bond donors (Lipinski definition) is 2. The Hall–Kier alpha value is -2.49. The second kappa shape index (κ2) is 7.39. The minimum Gasteiger partial charge on any atom is -0.491 e. The highest BCUT2D eigenvalue weighted by Crippen LogP contribution is 2.28. The van der Waals surface area contributed by atoms with Crippen molar-refractivity contribution >= 4 is 23.0 Å². The number of amides is 1. The van der Waals surface area contributed by atoms with Crippen LogP contribution in [0.5, 0.6) is 5.75 Å². The van der Waals surface area contributed by atoms with Crippen LogP contribution in [0.2, 0.25) is 0 Å². The van der Waals surface area contributed by atoms with Gasteiger partial charge in [-0.1, -0.05) is 6.42 Å². The fraction of sp³-hybridized carbons (Fsp3) is 0.350. The zero-order valence-electron chi connectivity index (χ0n) is 14.2. The molecule has 1 saturated carbocycles. The first kappa shape index (κ1) is 16.4. The van der Waals surface area contributed by atoms with Crippen LogP contribution in [0.1, 0.15) is 33.1 Å². The van der Waals surface area contributed by atoms with Gasteiger partial charge in [0.2, 0.25) is 5.91 Å². The number of hydrogen-bond acceptors (Lipinski definition) is 3. The average Bonchev–Trinajstić information content (AvgIpc) is 2.49. The van der Waals surface area contributed by atoms with E-state index in [9.17, 15) is 4.79 Å². The minimum atomic E-state index is 0.141. The van der Waals surface area contributed by atoms with Crippen LogP contribution in [0.3, 0.4) is 0 Å². The van der Waals surface area contributed by atoms with Crippen LogP contribution < -0.4 is 15.4 Å². The first-order valence-electron chi connectivity index (χ1n) is 8.55. The van der Waals surface area contributed by atoms with Gasteiger partial charge in [0, 0.05) is 23.0 Å². The van der Waals surface area contributed by atoms with E-state index in [1.165, 1.54) is 6.42 Å². The van der Waals surface area contributed by atoms with Gasteiger partial charge in [-0.15, -0.1) is 0 Å². The van der Waals surface area contributed by atoms with Crippen molar-refractivity contribution in [1.82, 2.24) is 0 Å². The van der Waals surface area contributed by atoms with E-state index in [0.717, 1.165) is 35.7 Å². The summed E-state index contributed by atoms with van der Waals surface area (Å²) in [7, 11) is 0. The predicted octanol–water partition coefficient (Wildman–Crippen LogP) is 4.96. The van der Waals surface area contributed by atoms with Gasteiger partial charge < -0.3 is 15.4 Å². The Bertz CT molecular complexity index is 674. The average molecular weight is 324 g/mol. The molecule has 0 aliphatic heterocycles. The van der Waals surface area contributed by atoms with Gasteiger partial charge in [0.1, 0.15) is 5.75 Å². The minimum absolute atomic E-state index is 0.141. The predicted molar refractivity (Wildman–Crippen MR) is 97.9 cm³/mol. The van der Waals surface area contributed by atoms with Crippen molar-refractivity contribution in [2.75, 3.05) is 10.6 Å². The third kappa shape index (κ3) is 4.28. The lowest BCUT2D eigenvalue weighted by atomic mass is 9.85. The number of carbonyl (C=O) groups excluding carboxylic acids is 1. The molecule has 0 atom stereocenters. The molecule has 1 fully saturated rings. The third-order valence-electron chi connectivity index (χ3n) is 4.14. The monoisotopic (exact) mass is 324 g/mol. The summed E-state index contributed by atoms with van der Waals surface area (Å²) in [5.41, 5.74) is 2.82. The van der Waals surface area contributed by atoms with E-state index in [0.29, 0.717) is 0 Å². The van der Waals surface area contributed by atoms with Crippen LogP contribution >= 0.6 is 0 Å². The normalized spacial score (nSPS) is 14.1. The van der Waals surface area contributed by atoms with E-state index in [-0.39, 0.29) is 17.9 Å². The van der Waals surface area contributed by atoms with Crippen LogP contribution in [0.4, 0.5) is 17.1 Å². The summed E-state index contributed by atoms with van der Waals surface area (Å²) >= 11 is 0. The summed E-state index contributed by atoms with van der Waals surface area (Å²) in [5.74, 6) is 1.21. The maximum Gasteiger partial charge on any atom is 0.227 e. The molecule has 4 nitrogen and oxygen atoms in total. The second-order valence-electron chi connectivity index (χ2n) is 6.51. The molecule has 0 saturated heterocycles. The molecule has 2 aromatic rings. The van der Waals surface area contributed by atoms with Gasteiger partial charge in [-0.3, -0.25) is 4.79 Å². The molecule has 0 unspecified atom stereocenters. The van der Waals surface area contributed by atoms with Crippen LogP contribution in [-0.4, -0.2) is 12.0 Å². The Kier molecular flexibility index (Phi) is 5.04. The lowest BCUT2D eigenvalue weighted by Crippen LogP contribution is -2.27. The van der Waals surface area contributed by atoms with Crippen molar-refractivity contribution in [1.29, 1.82) is 0 Å². The zero-order valence-corrected chi connectivity index (χ0v) is 14.2. The quantitative estimate of drug-likeness (QED) is 0.790. The highest BCUT2D eigenvalue weighted by molar-refractivity contribution is 5.93. The van der Waals surface area contributed by atoms with Crippen LogP contribution in [0.15, 0.2) is 48.5 Å². The summed E-state index contributed by atoms with van der Waals surface area (Å²) in [6, 6.07) is 15.7. The van der Waals surface area contributed by atoms with Gasteiger partial charge in [0.05, 0.1) is 6.10 Å². The molecule has 0 spiro atoms. The number of anilines is 3. The van der Waals surface area contributed by atoms with Crippen molar-refractivity contribution in [3.63, 3.8) is 0 Å². The molecule has 0 aromatic heterocycles. The first-order chi connectivity index (χ1) is 11.6. The van der Waals surface area contributed by atoms with Gasteiger partial charge in [-0.25, -0.2) is 0 Å². The van der Waals surface area contributed by atoms with Gasteiger partial charge in [-0.05, 0) is 75.2 Å². The van der Waals surface area contributed by atoms with Gasteiger partial charge in [-0.2, -0.15) is 0 Å². The molecule has 0 bridgehead atoms. The van der Waals surface area contributed by atoms with E-state index < -0.39 is 0 Å². The fourth-order valence-corrected chi connectivity index (χ4v) is 2.61. The fourth-order valence-electron chi connectivity index (χ4n) is 2.61. The molecular weight excluding hydrogens is 300 g/mol. The standard InChI is InChI=1S/C20H24N2O2/c1-14(2)24-19-12-10-17(11-13-19)21-16-6-8-18(9-7-16)22-20(23)15-4-3-5-15/h6-15,21H,3-5H2,1-2H3,(H,22,23). The Balaban J connectivity index is 1.56. The summed E-state index contributed by atoms with van der Waals surface area (Å²) in [6.45, 7) is 4.02. The Morgan fingerprint density at radius 1 is 0.958 bits per heavy atom. The van der Waals surface area contributed by atoms with E-state index in [1.807, 2.05) is 62.4 Å². The molecule has 24 heavy (non-hydrogen) atoms. The van der Waals surface area contributed by atoms with E-state index in [1.54, 1.807) is 0 Å². The molecule has 2 N–H and O–H groups in total. The number of ether oxygens (including phenoxy) is 1. The van der Waals surface area contributed by atoms with Crippen LogP contribution in [-0.2, 0) is 4.79 Å². The van der Waals surface area contributed by atoms with Gasteiger partial charge in [0.25, 0.3) is 0 Å². The van der Waals surface area contributed by atoms with E-state index >= 15 is 0 Å². The molecule has 126 valence electrons. The summed E-state index contributed by atoms with van der Waals surface area (Å²) in [6.07, 6.45) is 3.37. The topological polar surface area (TPSA) is 50.4 Å². The van der Waals surface area contributed by atoms with Crippen molar-refractivity contribution in [2.45, 2.75) is 39.2 Å². The van der Waals surface area contributed by atoms with Crippen molar-refractivity contribution < 1.29 is 9.53 Å². The van der Waals surface area contributed by atoms with Crippen molar-refractivity contribution in [2.24, 2.45) is 5.92 Å². The first-order valence-corrected chi connectivity index (χ1v) is 8.55. The SMILES string of the molecule is CC(C)Oc1ccc(Nc2ccc(NC(=O)C3CCC3)cc2)cc1. The molecule has 1 aliphatic rings. The Labute approximate surface area is 143 Å². The molecule has 0 radical (unpaired) electrons. The van der Waals surface area contributed by atoms with E-state index in [4.69, 9.17) is 4.74 Å². The number of benzene rings is 2. The van der Waals surface area contributed by atoms with Crippen molar-refractivity contribution in [3.8, 4) is 5.75 Å². The molecular formula is C20H24N2O2. The molecule has 1 amide bonds. The second-order valence-corrected chi connectivity index (χ2v) is 6.51. The van der Waals surface area contributed by atoms with Gasteiger partial charge in [0.15, 0.2) is 0 Å². The number of nitrogens with one attached hydrogen (secondary N) is 2. The molecule has 3 rings (SSSR count). The lowest BCUT2D eigenvalue weighted by Gasteiger charge is -2.24. The van der Waals surface area contributed by atoms with E-state index in [2.05, 4.69) is 10.6 Å². The Morgan fingerprint density at radius 2 is 1.50 bits per heavy atom.